The summed E-state index contributed by atoms with van der Waals surface area (Å²) in [7, 11) is 0. The molecule has 0 saturated carbocycles. The summed E-state index contributed by atoms with van der Waals surface area (Å²) in [5.41, 5.74) is 1.50. The van der Waals surface area contributed by atoms with E-state index < -0.39 is 0 Å². The van der Waals surface area contributed by atoms with E-state index in [4.69, 9.17) is 11.6 Å². The summed E-state index contributed by atoms with van der Waals surface area (Å²) in [4.78, 5) is 27.0. The van der Waals surface area contributed by atoms with E-state index in [9.17, 15) is 9.59 Å². The summed E-state index contributed by atoms with van der Waals surface area (Å²) >= 11 is 7.31. The van der Waals surface area contributed by atoms with Crippen LogP contribution in [0.5, 0.6) is 0 Å². The van der Waals surface area contributed by atoms with E-state index >= 15 is 0 Å². The number of halogens is 1. The molecule has 1 heterocycles. The van der Waals surface area contributed by atoms with Crippen LogP contribution in [0.25, 0.3) is 0 Å². The van der Waals surface area contributed by atoms with Crippen LogP contribution in [-0.4, -0.2) is 23.7 Å². The number of aldehydes is 1. The summed E-state index contributed by atoms with van der Waals surface area (Å²) < 4.78 is 0. The van der Waals surface area contributed by atoms with Gasteiger partial charge in [0.2, 0.25) is 0 Å². The Morgan fingerprint density at radius 3 is 3.00 bits per heavy atom. The minimum Gasteiger partial charge on any atom is -0.361 e. The number of nitrogens with one attached hydrogen (secondary N) is 2. The van der Waals surface area contributed by atoms with E-state index in [2.05, 4.69) is 15.6 Å². The molecule has 0 unspecified atom stereocenters. The van der Waals surface area contributed by atoms with Crippen LogP contribution in [0.1, 0.15) is 21.7 Å². The highest BCUT2D eigenvalue weighted by molar-refractivity contribution is 7.17. The average Bonchev–Trinajstić information content (AvgIpc) is 2.92. The van der Waals surface area contributed by atoms with Crippen molar-refractivity contribution in [2.45, 2.75) is 13.3 Å². The summed E-state index contributed by atoms with van der Waals surface area (Å²) in [6.45, 7) is 2.38. The van der Waals surface area contributed by atoms with Gasteiger partial charge in [-0.1, -0.05) is 35.1 Å². The molecule has 7 heteroatoms. The van der Waals surface area contributed by atoms with Crippen molar-refractivity contribution in [1.82, 2.24) is 4.98 Å². The summed E-state index contributed by atoms with van der Waals surface area (Å²) in [6.07, 6.45) is 2.73. The monoisotopic (exact) mass is 323 g/mol. The highest BCUT2D eigenvalue weighted by atomic mass is 35.5. The van der Waals surface area contributed by atoms with Gasteiger partial charge in [0.15, 0.2) is 5.13 Å². The van der Waals surface area contributed by atoms with Gasteiger partial charge in [-0.05, 0) is 18.6 Å². The van der Waals surface area contributed by atoms with Crippen molar-refractivity contribution in [2.75, 3.05) is 17.2 Å². The molecule has 2 N–H and O–H groups in total. The predicted octanol–water partition coefficient (Wildman–Crippen LogP) is 3.36. The van der Waals surface area contributed by atoms with Gasteiger partial charge in [0.25, 0.3) is 5.91 Å². The Kier molecular flexibility index (Phi) is 5.30. The van der Waals surface area contributed by atoms with Crippen molar-refractivity contribution in [3.05, 3.63) is 39.9 Å². The Balaban J connectivity index is 2.05. The Hall–Kier alpha value is -1.92. The number of carbonyl (C=O) groups is 2. The van der Waals surface area contributed by atoms with Crippen molar-refractivity contribution >= 4 is 46.0 Å². The van der Waals surface area contributed by atoms with Crippen LogP contribution in [0.3, 0.4) is 0 Å². The van der Waals surface area contributed by atoms with Crippen molar-refractivity contribution < 1.29 is 9.59 Å². The number of amides is 1. The number of aromatic nitrogens is 1. The number of thiazole rings is 1. The standard InChI is InChI=1S/C14H14ClN3O2S/c1-9-4-2-5-10(15)12(9)18-13(20)11-8-17-14(21-11)16-6-3-7-19/h2,4-5,7-8H,3,6H2,1H3,(H,16,17)(H,18,20). The first-order valence-corrected chi connectivity index (χ1v) is 7.51. The highest BCUT2D eigenvalue weighted by Crippen LogP contribution is 2.27. The molecule has 2 rings (SSSR count). The normalized spacial score (nSPS) is 10.2. The van der Waals surface area contributed by atoms with Gasteiger partial charge in [0, 0.05) is 13.0 Å². The third-order valence-electron chi connectivity index (χ3n) is 2.73. The van der Waals surface area contributed by atoms with Crippen LogP contribution >= 0.6 is 22.9 Å². The second-order valence-corrected chi connectivity index (χ2v) is 5.74. The molecule has 0 saturated heterocycles. The number of para-hydroxylation sites is 1. The number of aryl methyl sites for hydroxylation is 1. The molecule has 21 heavy (non-hydrogen) atoms. The average molecular weight is 324 g/mol. The number of carbonyl (C=O) groups excluding carboxylic acids is 2. The van der Waals surface area contributed by atoms with Gasteiger partial charge in [-0.15, -0.1) is 0 Å². The quantitative estimate of drug-likeness (QED) is 0.631. The van der Waals surface area contributed by atoms with Gasteiger partial charge in [-0.2, -0.15) is 0 Å². The first-order valence-electron chi connectivity index (χ1n) is 6.31. The fraction of sp³-hybridized carbons (Fsp3) is 0.214. The zero-order valence-electron chi connectivity index (χ0n) is 11.4. The molecule has 0 spiro atoms. The Bertz CT molecular complexity index is 637. The second kappa shape index (κ2) is 7.19. The second-order valence-electron chi connectivity index (χ2n) is 4.30. The van der Waals surface area contributed by atoms with E-state index in [1.165, 1.54) is 17.5 Å². The third-order valence-corrected chi connectivity index (χ3v) is 4.00. The number of nitrogens with zero attached hydrogens (tertiary/aromatic N) is 1. The summed E-state index contributed by atoms with van der Waals surface area (Å²) in [5.74, 6) is -0.257. The highest BCUT2D eigenvalue weighted by Gasteiger charge is 2.13. The van der Waals surface area contributed by atoms with Crippen LogP contribution in [0.15, 0.2) is 24.4 Å². The summed E-state index contributed by atoms with van der Waals surface area (Å²) in [6, 6.07) is 5.43. The lowest BCUT2D eigenvalue weighted by Gasteiger charge is -2.08. The first kappa shape index (κ1) is 15.5. The molecule has 0 aliphatic heterocycles. The lowest BCUT2D eigenvalue weighted by atomic mass is 10.2. The number of benzene rings is 1. The van der Waals surface area contributed by atoms with E-state index in [1.807, 2.05) is 19.1 Å². The first-order chi connectivity index (χ1) is 10.1. The molecule has 110 valence electrons. The maximum Gasteiger partial charge on any atom is 0.267 e. The van der Waals surface area contributed by atoms with Crippen LogP contribution in [0.2, 0.25) is 5.02 Å². The van der Waals surface area contributed by atoms with Gasteiger partial charge in [-0.25, -0.2) is 4.98 Å². The van der Waals surface area contributed by atoms with Crippen LogP contribution in [0, 0.1) is 6.92 Å². The van der Waals surface area contributed by atoms with Gasteiger partial charge in [-0.3, -0.25) is 4.79 Å². The Morgan fingerprint density at radius 2 is 2.29 bits per heavy atom. The zero-order valence-corrected chi connectivity index (χ0v) is 12.9. The predicted molar refractivity (Wildman–Crippen MR) is 85.4 cm³/mol. The zero-order chi connectivity index (χ0) is 15.2. The molecule has 0 fully saturated rings. The van der Waals surface area contributed by atoms with Gasteiger partial charge >= 0.3 is 0 Å². The topological polar surface area (TPSA) is 71.1 Å². The molecule has 1 aromatic heterocycles. The van der Waals surface area contributed by atoms with Gasteiger partial charge < -0.3 is 15.4 Å². The molecule has 0 aliphatic carbocycles. The van der Waals surface area contributed by atoms with Gasteiger partial charge in [0.1, 0.15) is 11.2 Å². The smallest absolute Gasteiger partial charge is 0.267 e. The molecule has 1 amide bonds. The Labute approximate surface area is 131 Å². The molecule has 0 bridgehead atoms. The summed E-state index contributed by atoms with van der Waals surface area (Å²) in [5, 5.41) is 6.88. The van der Waals surface area contributed by atoms with Crippen molar-refractivity contribution in [3.8, 4) is 0 Å². The fourth-order valence-electron chi connectivity index (χ4n) is 1.66. The maximum absolute atomic E-state index is 12.2. The van der Waals surface area contributed by atoms with E-state index in [1.54, 1.807) is 6.07 Å². The lowest BCUT2D eigenvalue weighted by molar-refractivity contribution is -0.107. The molecular formula is C14H14ClN3O2S. The number of anilines is 2. The fourth-order valence-corrected chi connectivity index (χ4v) is 2.67. The number of rotatable bonds is 6. The Morgan fingerprint density at radius 1 is 1.48 bits per heavy atom. The van der Waals surface area contributed by atoms with Crippen molar-refractivity contribution in [3.63, 3.8) is 0 Å². The van der Waals surface area contributed by atoms with Crippen LogP contribution < -0.4 is 10.6 Å². The maximum atomic E-state index is 12.2. The molecule has 0 radical (unpaired) electrons. The minimum atomic E-state index is -0.257. The molecule has 5 nitrogen and oxygen atoms in total. The van der Waals surface area contributed by atoms with E-state index in [0.717, 1.165) is 11.8 Å². The van der Waals surface area contributed by atoms with E-state index in [-0.39, 0.29) is 5.91 Å². The molecule has 0 atom stereocenters. The van der Waals surface area contributed by atoms with Crippen molar-refractivity contribution in [2.24, 2.45) is 0 Å². The molecule has 1 aromatic carbocycles. The van der Waals surface area contributed by atoms with Crippen LogP contribution in [-0.2, 0) is 4.79 Å². The minimum absolute atomic E-state index is 0.257. The number of hydrogen-bond acceptors (Lipinski definition) is 5. The third kappa shape index (κ3) is 4.03. The molecular weight excluding hydrogens is 310 g/mol. The largest absolute Gasteiger partial charge is 0.361 e. The molecule has 2 aromatic rings. The van der Waals surface area contributed by atoms with E-state index in [0.29, 0.717) is 33.7 Å². The van der Waals surface area contributed by atoms with Crippen LogP contribution in [0.4, 0.5) is 10.8 Å². The molecule has 0 aliphatic rings. The van der Waals surface area contributed by atoms with Crippen molar-refractivity contribution in [1.29, 1.82) is 0 Å². The lowest BCUT2D eigenvalue weighted by Crippen LogP contribution is -2.11. The number of hydrogen-bond donors (Lipinski definition) is 2. The SMILES string of the molecule is Cc1cccc(Cl)c1NC(=O)c1cnc(NCCC=O)s1. The van der Waals surface area contributed by atoms with Gasteiger partial charge in [0.05, 0.1) is 16.9 Å².